The van der Waals surface area contributed by atoms with E-state index in [1.54, 1.807) is 13.8 Å². The molecule has 15 nitrogen and oxygen atoms in total. The largest absolute Gasteiger partial charge is 0.483 e. The number of halogens is 1. The maximum Gasteiger partial charge on any atom is 0.409 e. The number of nitrogens with zero attached hydrogens (tertiary/aromatic N) is 4. The van der Waals surface area contributed by atoms with Crippen molar-refractivity contribution in [1.29, 1.82) is 0 Å². The van der Waals surface area contributed by atoms with Crippen LogP contribution in [0.3, 0.4) is 0 Å². The number of likely N-dealkylation sites (N-methyl/N-ethyl adjacent to an activating group) is 1. The fraction of sp³-hybridized carbons (Fsp3) is 0.516. The molecule has 5 amide bonds. The smallest absolute Gasteiger partial charge is 0.409 e. The number of benzene rings is 1. The monoisotopic (exact) mass is 658 g/mol. The van der Waals surface area contributed by atoms with Gasteiger partial charge >= 0.3 is 12.1 Å². The molecule has 0 spiro atoms. The lowest BCUT2D eigenvalue weighted by Gasteiger charge is -2.35. The summed E-state index contributed by atoms with van der Waals surface area (Å²) in [5.41, 5.74) is -0.0421. The van der Waals surface area contributed by atoms with Crippen LogP contribution in [0.4, 0.5) is 9.18 Å². The Labute approximate surface area is 270 Å². The SMILES string of the molecule is CCNC(=O)[C@@H]1CCCN1C(=O)COc1cc(C(=O)N[C@@H](CCC(=O)O)C(=O)N2CCN(C(=O)OCC)CC2)nc2ccc(F)cc12. The number of fused-ring (bicyclic) bond motifs is 1. The molecule has 0 bridgehead atoms. The lowest BCUT2D eigenvalue weighted by atomic mass is 10.1. The van der Waals surface area contributed by atoms with Gasteiger partial charge < -0.3 is 39.9 Å². The molecule has 2 fully saturated rings. The lowest BCUT2D eigenvalue weighted by Crippen LogP contribution is -2.56. The molecule has 1 aromatic carbocycles. The summed E-state index contributed by atoms with van der Waals surface area (Å²) in [7, 11) is 0. The minimum absolute atomic E-state index is 0.0229. The van der Waals surface area contributed by atoms with E-state index in [-0.39, 0.29) is 67.5 Å². The van der Waals surface area contributed by atoms with Crippen LogP contribution in [-0.4, -0.2) is 125 Å². The highest BCUT2D eigenvalue weighted by molar-refractivity contribution is 5.99. The Hall–Kier alpha value is -5.02. The maximum absolute atomic E-state index is 14.2. The van der Waals surface area contributed by atoms with Crippen LogP contribution < -0.4 is 15.4 Å². The normalized spacial score (nSPS) is 16.8. The van der Waals surface area contributed by atoms with Gasteiger partial charge in [0.15, 0.2) is 6.61 Å². The van der Waals surface area contributed by atoms with Crippen molar-refractivity contribution in [1.82, 2.24) is 30.3 Å². The van der Waals surface area contributed by atoms with E-state index in [1.807, 2.05) is 0 Å². The van der Waals surface area contributed by atoms with Crippen LogP contribution in [0.15, 0.2) is 24.3 Å². The van der Waals surface area contributed by atoms with Gasteiger partial charge in [-0.25, -0.2) is 14.2 Å². The number of carboxylic acid groups (broad SMARTS) is 1. The third-order valence-electron chi connectivity index (χ3n) is 7.91. The number of pyridine rings is 1. The molecule has 2 aliphatic heterocycles. The van der Waals surface area contributed by atoms with E-state index in [2.05, 4.69) is 15.6 Å². The standard InChI is InChI=1S/C31H39FN6O9/c1-3-33-29(43)24-6-5-11-38(24)26(39)18-47-25-17-23(34-21-8-7-19(32)16-20(21)25)28(42)35-22(9-10-27(40)41)30(44)36-12-14-37(15-13-36)31(45)46-4-2/h7-8,16-17,22,24H,3-6,9-15,18H2,1-2H3,(H,33,43)(H,35,42)(H,40,41)/t22-,24-/m0/s1. The Bertz CT molecular complexity index is 1510. The molecule has 0 radical (unpaired) electrons. The van der Waals surface area contributed by atoms with Crippen LogP contribution in [-0.2, 0) is 23.9 Å². The Balaban J connectivity index is 1.51. The minimum atomic E-state index is -1.23. The number of nitrogens with one attached hydrogen (secondary N) is 2. The van der Waals surface area contributed by atoms with Crippen molar-refractivity contribution < 1.29 is 47.7 Å². The van der Waals surface area contributed by atoms with E-state index in [0.717, 1.165) is 12.1 Å². The van der Waals surface area contributed by atoms with Gasteiger partial charge in [-0.05, 0) is 51.3 Å². The third kappa shape index (κ3) is 8.83. The minimum Gasteiger partial charge on any atom is -0.483 e. The van der Waals surface area contributed by atoms with Crippen molar-refractivity contribution in [3.05, 3.63) is 35.8 Å². The number of amides is 5. The van der Waals surface area contributed by atoms with Crippen molar-refractivity contribution in [3.63, 3.8) is 0 Å². The summed E-state index contributed by atoms with van der Waals surface area (Å²) in [6.45, 7) is 4.67. The number of carboxylic acids is 1. The van der Waals surface area contributed by atoms with Crippen LogP contribution in [0.1, 0.15) is 50.0 Å². The molecule has 0 unspecified atom stereocenters. The number of ether oxygens (including phenoxy) is 2. The summed E-state index contributed by atoms with van der Waals surface area (Å²) in [5.74, 6) is -3.87. The molecule has 254 valence electrons. The van der Waals surface area contributed by atoms with Gasteiger partial charge in [0.25, 0.3) is 11.8 Å². The van der Waals surface area contributed by atoms with Crippen LogP contribution >= 0.6 is 0 Å². The summed E-state index contributed by atoms with van der Waals surface area (Å²) in [5, 5.41) is 14.8. The predicted molar refractivity (Wildman–Crippen MR) is 164 cm³/mol. The van der Waals surface area contributed by atoms with E-state index in [0.29, 0.717) is 25.9 Å². The van der Waals surface area contributed by atoms with Crippen molar-refractivity contribution in [3.8, 4) is 5.75 Å². The highest BCUT2D eigenvalue weighted by Crippen LogP contribution is 2.27. The average molecular weight is 659 g/mol. The molecule has 4 rings (SSSR count). The number of likely N-dealkylation sites (tertiary alicyclic amines) is 1. The summed E-state index contributed by atoms with van der Waals surface area (Å²) in [4.78, 5) is 84.5. The van der Waals surface area contributed by atoms with Gasteiger partial charge in [-0.1, -0.05) is 0 Å². The quantitative estimate of drug-likeness (QED) is 0.299. The summed E-state index contributed by atoms with van der Waals surface area (Å²) >= 11 is 0. The first-order chi connectivity index (χ1) is 22.5. The molecule has 2 aliphatic rings. The zero-order chi connectivity index (χ0) is 34.1. The summed E-state index contributed by atoms with van der Waals surface area (Å²) in [6.07, 6.45) is 0.0310. The fourth-order valence-corrected chi connectivity index (χ4v) is 5.56. The number of hydrogen-bond donors (Lipinski definition) is 3. The molecular weight excluding hydrogens is 619 g/mol. The molecule has 0 saturated carbocycles. The Morgan fingerprint density at radius 1 is 1.04 bits per heavy atom. The maximum atomic E-state index is 14.2. The highest BCUT2D eigenvalue weighted by Gasteiger charge is 2.34. The van der Waals surface area contributed by atoms with Gasteiger partial charge in [-0.2, -0.15) is 0 Å². The number of aromatic nitrogens is 1. The van der Waals surface area contributed by atoms with Crippen LogP contribution in [0.5, 0.6) is 5.75 Å². The molecule has 0 aliphatic carbocycles. The number of rotatable bonds is 12. The van der Waals surface area contributed by atoms with E-state index < -0.39 is 60.7 Å². The molecule has 3 N–H and O–H groups in total. The molecule has 3 heterocycles. The number of aliphatic carboxylic acids is 1. The van der Waals surface area contributed by atoms with Gasteiger partial charge in [-0.3, -0.25) is 24.0 Å². The second-order valence-corrected chi connectivity index (χ2v) is 11.1. The number of carbonyl (C=O) groups is 6. The second-order valence-electron chi connectivity index (χ2n) is 11.1. The molecule has 2 aromatic rings. The zero-order valence-corrected chi connectivity index (χ0v) is 26.3. The first-order valence-electron chi connectivity index (χ1n) is 15.6. The van der Waals surface area contributed by atoms with Gasteiger partial charge in [-0.15, -0.1) is 0 Å². The van der Waals surface area contributed by atoms with Crippen molar-refractivity contribution in [2.75, 3.05) is 52.5 Å². The van der Waals surface area contributed by atoms with Gasteiger partial charge in [0.05, 0.1) is 12.1 Å². The predicted octanol–water partition coefficient (Wildman–Crippen LogP) is 1.14. The van der Waals surface area contributed by atoms with Crippen LogP contribution in [0.2, 0.25) is 0 Å². The van der Waals surface area contributed by atoms with Crippen LogP contribution in [0.25, 0.3) is 10.9 Å². The van der Waals surface area contributed by atoms with E-state index in [4.69, 9.17) is 9.47 Å². The van der Waals surface area contributed by atoms with Crippen LogP contribution in [0, 0.1) is 5.82 Å². The Kier molecular flexibility index (Phi) is 11.9. The highest BCUT2D eigenvalue weighted by atomic mass is 19.1. The van der Waals surface area contributed by atoms with Crippen molar-refractivity contribution in [2.24, 2.45) is 0 Å². The van der Waals surface area contributed by atoms with Gasteiger partial charge in [0.2, 0.25) is 11.8 Å². The first kappa shape index (κ1) is 34.8. The van der Waals surface area contributed by atoms with E-state index >= 15 is 0 Å². The molecule has 47 heavy (non-hydrogen) atoms. The molecule has 16 heteroatoms. The topological polar surface area (TPSA) is 188 Å². The lowest BCUT2D eigenvalue weighted by molar-refractivity contribution is -0.139. The third-order valence-corrected chi connectivity index (χ3v) is 7.91. The fourth-order valence-electron chi connectivity index (χ4n) is 5.56. The van der Waals surface area contributed by atoms with Crippen molar-refractivity contribution >= 4 is 46.6 Å². The van der Waals surface area contributed by atoms with Gasteiger partial charge in [0.1, 0.15) is 29.3 Å². The Morgan fingerprint density at radius 3 is 2.45 bits per heavy atom. The zero-order valence-electron chi connectivity index (χ0n) is 26.3. The van der Waals surface area contributed by atoms with Gasteiger partial charge in [0, 0.05) is 57.1 Å². The Morgan fingerprint density at radius 2 is 1.77 bits per heavy atom. The van der Waals surface area contributed by atoms with E-state index in [1.165, 1.54) is 26.8 Å². The summed E-state index contributed by atoms with van der Waals surface area (Å²) < 4.78 is 25.0. The number of carbonyl (C=O) groups excluding carboxylic acids is 5. The molecule has 1 aromatic heterocycles. The molecule has 2 atom stereocenters. The average Bonchev–Trinajstić information content (AvgIpc) is 3.56. The number of piperazine rings is 1. The summed E-state index contributed by atoms with van der Waals surface area (Å²) in [6, 6.07) is 2.97. The van der Waals surface area contributed by atoms with Crippen molar-refractivity contribution in [2.45, 2.75) is 51.6 Å². The number of hydrogen-bond acceptors (Lipinski definition) is 9. The van der Waals surface area contributed by atoms with E-state index in [9.17, 15) is 38.3 Å². The molecular formula is C31H39FN6O9. The second kappa shape index (κ2) is 16.0. The first-order valence-corrected chi connectivity index (χ1v) is 15.6. The molecule has 2 saturated heterocycles.